The lowest BCUT2D eigenvalue weighted by Gasteiger charge is -2.06. The third-order valence-corrected chi connectivity index (χ3v) is 1.82. The monoisotopic (exact) mass is 223 g/mol. The minimum Gasteiger partial charge on any atom is -0.453 e. The van der Waals surface area contributed by atoms with Gasteiger partial charge in [0.1, 0.15) is 0 Å². The molecule has 0 aromatic heterocycles. The van der Waals surface area contributed by atoms with E-state index in [0.717, 1.165) is 5.56 Å². The first kappa shape index (κ1) is 11.8. The molecule has 86 valence electrons. The minimum atomic E-state index is -0.627. The molecule has 0 aliphatic rings. The number of primary amides is 1. The summed E-state index contributed by atoms with van der Waals surface area (Å²) in [6.07, 6.45) is -0.506. The molecule has 16 heavy (non-hydrogen) atoms. The molecule has 4 N–H and O–H groups in total. The molecule has 3 amide bonds. The van der Waals surface area contributed by atoms with Crippen LogP contribution >= 0.6 is 0 Å². The number of rotatable bonds is 3. The summed E-state index contributed by atoms with van der Waals surface area (Å²) >= 11 is 0. The number of methoxy groups -OCH3 is 1. The fourth-order valence-electron chi connectivity index (χ4n) is 1.15. The molecular formula is C10H13N3O3. The van der Waals surface area contributed by atoms with Gasteiger partial charge in [0.15, 0.2) is 0 Å². The van der Waals surface area contributed by atoms with Gasteiger partial charge in [-0.1, -0.05) is 12.1 Å². The van der Waals surface area contributed by atoms with Crippen molar-refractivity contribution in [3.8, 4) is 0 Å². The summed E-state index contributed by atoms with van der Waals surface area (Å²) in [7, 11) is 1.29. The number of alkyl carbamates (subject to hydrolysis) is 1. The van der Waals surface area contributed by atoms with Gasteiger partial charge in [-0.25, -0.2) is 9.59 Å². The zero-order valence-electron chi connectivity index (χ0n) is 8.82. The Morgan fingerprint density at radius 2 is 2.19 bits per heavy atom. The molecule has 1 aromatic carbocycles. The van der Waals surface area contributed by atoms with Crippen LogP contribution in [0.4, 0.5) is 15.3 Å². The molecule has 6 heteroatoms. The molecule has 0 saturated carbocycles. The van der Waals surface area contributed by atoms with Crippen molar-refractivity contribution in [2.45, 2.75) is 6.54 Å². The summed E-state index contributed by atoms with van der Waals surface area (Å²) in [6, 6.07) is 6.34. The van der Waals surface area contributed by atoms with Gasteiger partial charge < -0.3 is 21.1 Å². The summed E-state index contributed by atoms with van der Waals surface area (Å²) in [5, 5.41) is 4.97. The second kappa shape index (κ2) is 5.59. The van der Waals surface area contributed by atoms with Crippen molar-refractivity contribution in [2.75, 3.05) is 12.4 Å². The van der Waals surface area contributed by atoms with Gasteiger partial charge in [-0.2, -0.15) is 0 Å². The number of ether oxygens (including phenoxy) is 1. The molecule has 0 bridgehead atoms. The number of anilines is 1. The zero-order valence-corrected chi connectivity index (χ0v) is 8.82. The lowest BCUT2D eigenvalue weighted by Crippen LogP contribution is -2.22. The van der Waals surface area contributed by atoms with E-state index >= 15 is 0 Å². The van der Waals surface area contributed by atoms with E-state index in [2.05, 4.69) is 15.4 Å². The molecule has 0 aliphatic heterocycles. The van der Waals surface area contributed by atoms with E-state index in [-0.39, 0.29) is 0 Å². The van der Waals surface area contributed by atoms with E-state index in [1.165, 1.54) is 7.11 Å². The van der Waals surface area contributed by atoms with Crippen LogP contribution < -0.4 is 16.4 Å². The normalized spacial score (nSPS) is 9.31. The molecule has 0 aliphatic carbocycles. The zero-order chi connectivity index (χ0) is 12.0. The predicted octanol–water partition coefficient (Wildman–Crippen LogP) is 1.03. The predicted molar refractivity (Wildman–Crippen MR) is 58.9 cm³/mol. The van der Waals surface area contributed by atoms with E-state index in [0.29, 0.717) is 12.2 Å². The highest BCUT2D eigenvalue weighted by molar-refractivity contribution is 5.87. The van der Waals surface area contributed by atoms with Crippen LogP contribution in [0, 0.1) is 0 Å². The second-order valence-electron chi connectivity index (χ2n) is 3.03. The minimum absolute atomic E-state index is 0.320. The highest BCUT2D eigenvalue weighted by Crippen LogP contribution is 2.09. The topological polar surface area (TPSA) is 93.4 Å². The quantitative estimate of drug-likeness (QED) is 0.714. The Kier molecular flexibility index (Phi) is 4.14. The largest absolute Gasteiger partial charge is 0.453 e. The highest BCUT2D eigenvalue weighted by atomic mass is 16.5. The summed E-state index contributed by atoms with van der Waals surface area (Å²) in [5.74, 6) is 0. The van der Waals surface area contributed by atoms with Crippen LogP contribution in [0.1, 0.15) is 5.56 Å². The molecule has 0 atom stereocenters. The Morgan fingerprint density at radius 3 is 2.81 bits per heavy atom. The van der Waals surface area contributed by atoms with E-state index < -0.39 is 12.1 Å². The van der Waals surface area contributed by atoms with Gasteiger partial charge in [-0.15, -0.1) is 0 Å². The summed E-state index contributed by atoms with van der Waals surface area (Å²) in [4.78, 5) is 21.4. The summed E-state index contributed by atoms with van der Waals surface area (Å²) in [6.45, 7) is 0.320. The number of nitrogens with one attached hydrogen (secondary N) is 2. The van der Waals surface area contributed by atoms with Crippen LogP contribution in [-0.2, 0) is 11.3 Å². The second-order valence-corrected chi connectivity index (χ2v) is 3.03. The van der Waals surface area contributed by atoms with E-state index in [4.69, 9.17) is 5.73 Å². The maximum Gasteiger partial charge on any atom is 0.407 e. The number of nitrogens with two attached hydrogens (primary N) is 1. The average Bonchev–Trinajstić information content (AvgIpc) is 2.25. The lowest BCUT2D eigenvalue weighted by atomic mass is 10.2. The molecule has 0 saturated heterocycles. The smallest absolute Gasteiger partial charge is 0.407 e. The Bertz CT molecular complexity index is 393. The Balaban J connectivity index is 2.60. The van der Waals surface area contributed by atoms with Crippen LogP contribution in [0.5, 0.6) is 0 Å². The van der Waals surface area contributed by atoms with E-state index in [9.17, 15) is 9.59 Å². The van der Waals surface area contributed by atoms with Crippen LogP contribution in [0.25, 0.3) is 0 Å². The number of amides is 3. The van der Waals surface area contributed by atoms with Crippen molar-refractivity contribution in [1.82, 2.24) is 5.32 Å². The van der Waals surface area contributed by atoms with Gasteiger partial charge in [-0.3, -0.25) is 0 Å². The summed E-state index contributed by atoms with van der Waals surface area (Å²) < 4.78 is 4.43. The third-order valence-electron chi connectivity index (χ3n) is 1.82. The van der Waals surface area contributed by atoms with Crippen LogP contribution in [-0.4, -0.2) is 19.2 Å². The molecule has 0 fully saturated rings. The number of carbonyl (C=O) groups excluding carboxylic acids is 2. The van der Waals surface area contributed by atoms with Crippen molar-refractivity contribution >= 4 is 17.8 Å². The van der Waals surface area contributed by atoms with Crippen LogP contribution in [0.3, 0.4) is 0 Å². The molecule has 1 aromatic rings. The van der Waals surface area contributed by atoms with E-state index in [1.807, 2.05) is 6.07 Å². The maximum absolute atomic E-state index is 10.8. The first-order chi connectivity index (χ1) is 7.61. The van der Waals surface area contributed by atoms with Gasteiger partial charge in [0.25, 0.3) is 0 Å². The molecule has 6 nitrogen and oxygen atoms in total. The lowest BCUT2D eigenvalue weighted by molar-refractivity contribution is 0.170. The van der Waals surface area contributed by atoms with Crippen molar-refractivity contribution in [3.05, 3.63) is 29.8 Å². The Morgan fingerprint density at radius 1 is 1.44 bits per heavy atom. The van der Waals surface area contributed by atoms with Gasteiger partial charge in [0, 0.05) is 12.2 Å². The summed E-state index contributed by atoms with van der Waals surface area (Å²) in [5.41, 5.74) is 6.39. The van der Waals surface area contributed by atoms with Crippen LogP contribution in [0.2, 0.25) is 0 Å². The third kappa shape index (κ3) is 3.87. The molecule has 0 unspecified atom stereocenters. The Labute approximate surface area is 92.8 Å². The molecular weight excluding hydrogens is 210 g/mol. The average molecular weight is 223 g/mol. The fraction of sp³-hybridized carbons (Fsp3) is 0.200. The van der Waals surface area contributed by atoms with Gasteiger partial charge in [-0.05, 0) is 17.7 Å². The first-order valence-corrected chi connectivity index (χ1v) is 4.59. The van der Waals surface area contributed by atoms with Crippen molar-refractivity contribution < 1.29 is 14.3 Å². The number of hydrogen-bond donors (Lipinski definition) is 3. The molecule has 1 rings (SSSR count). The number of urea groups is 1. The standard InChI is InChI=1S/C10H13N3O3/c1-16-10(15)12-6-7-3-2-4-8(5-7)13-9(11)14/h2-5H,6H2,1H3,(H,12,15)(H3,11,13,14). The Hall–Kier alpha value is -2.24. The molecule has 0 heterocycles. The van der Waals surface area contributed by atoms with E-state index in [1.54, 1.807) is 18.2 Å². The first-order valence-electron chi connectivity index (χ1n) is 4.59. The van der Waals surface area contributed by atoms with Crippen molar-refractivity contribution in [3.63, 3.8) is 0 Å². The SMILES string of the molecule is COC(=O)NCc1cccc(NC(N)=O)c1. The van der Waals surface area contributed by atoms with Crippen LogP contribution in [0.15, 0.2) is 24.3 Å². The molecule has 0 radical (unpaired) electrons. The van der Waals surface area contributed by atoms with Gasteiger partial charge in [0.05, 0.1) is 7.11 Å². The van der Waals surface area contributed by atoms with Gasteiger partial charge >= 0.3 is 12.1 Å². The van der Waals surface area contributed by atoms with Crippen molar-refractivity contribution in [2.24, 2.45) is 5.73 Å². The number of benzene rings is 1. The molecule has 0 spiro atoms. The highest BCUT2D eigenvalue weighted by Gasteiger charge is 2.01. The van der Waals surface area contributed by atoms with Crippen molar-refractivity contribution in [1.29, 1.82) is 0 Å². The van der Waals surface area contributed by atoms with Gasteiger partial charge in [0.2, 0.25) is 0 Å². The fourth-order valence-corrected chi connectivity index (χ4v) is 1.15. The maximum atomic E-state index is 10.8. The number of hydrogen-bond acceptors (Lipinski definition) is 3. The number of carbonyl (C=O) groups is 2.